The lowest BCUT2D eigenvalue weighted by Gasteiger charge is -2.08. The van der Waals surface area contributed by atoms with Crippen LogP contribution in [0.3, 0.4) is 0 Å². The number of ether oxygens (including phenoxy) is 1. The maximum atomic E-state index is 9.67. The van der Waals surface area contributed by atoms with Crippen molar-refractivity contribution in [3.8, 4) is 22.8 Å². The first-order valence-electron chi connectivity index (χ1n) is 6.72. The van der Waals surface area contributed by atoms with E-state index in [1.54, 1.807) is 18.2 Å². The molecule has 0 radical (unpaired) electrons. The van der Waals surface area contributed by atoms with Gasteiger partial charge in [0.25, 0.3) is 0 Å². The van der Waals surface area contributed by atoms with Crippen molar-refractivity contribution in [3.05, 3.63) is 53.4 Å². The Bertz CT molecular complexity index is 912. The molecule has 3 rings (SSSR count). The highest BCUT2D eigenvalue weighted by Crippen LogP contribution is 2.32. The minimum atomic E-state index is 0.0507. The molecular weight excluding hydrogens is 282 g/mol. The number of rotatable bonds is 2. The van der Waals surface area contributed by atoms with Crippen LogP contribution in [0.5, 0.6) is 11.5 Å². The second-order valence-electron chi connectivity index (χ2n) is 4.98. The van der Waals surface area contributed by atoms with E-state index < -0.39 is 0 Å². The molecule has 1 aromatic heterocycles. The summed E-state index contributed by atoms with van der Waals surface area (Å²) in [5, 5.41) is 23.4. The van der Waals surface area contributed by atoms with Crippen LogP contribution in [0.25, 0.3) is 22.3 Å². The van der Waals surface area contributed by atoms with Crippen molar-refractivity contribution in [2.75, 3.05) is 7.11 Å². The Morgan fingerprint density at radius 3 is 2.64 bits per heavy atom. The largest absolute Gasteiger partial charge is 0.504 e. The third kappa shape index (κ3) is 2.37. The maximum absolute atomic E-state index is 9.67. The molecule has 112 valence electrons. The molecule has 0 fully saturated rings. The van der Waals surface area contributed by atoms with Gasteiger partial charge in [0.05, 0.1) is 7.11 Å². The van der Waals surface area contributed by atoms with Crippen LogP contribution in [0.2, 0.25) is 0 Å². The van der Waals surface area contributed by atoms with Crippen LogP contribution in [-0.2, 0) is 0 Å². The quantitative estimate of drug-likeness (QED) is 0.561. The van der Waals surface area contributed by atoms with Crippen molar-refractivity contribution >= 4 is 11.0 Å². The summed E-state index contributed by atoms with van der Waals surface area (Å²) in [7, 11) is 1.48. The summed E-state index contributed by atoms with van der Waals surface area (Å²) >= 11 is 0. The lowest BCUT2D eigenvalue weighted by molar-refractivity contribution is 0.302. The molecule has 2 aromatic carbocycles. The Kier molecular flexibility index (Phi) is 3.47. The average molecular weight is 297 g/mol. The number of benzene rings is 2. The van der Waals surface area contributed by atoms with Gasteiger partial charge >= 0.3 is 0 Å². The average Bonchev–Trinajstić information content (AvgIpc) is 2.54. The zero-order valence-electron chi connectivity index (χ0n) is 12.2. The van der Waals surface area contributed by atoms with Crippen molar-refractivity contribution in [3.63, 3.8) is 0 Å². The monoisotopic (exact) mass is 297 g/mol. The number of phenolic OH excluding ortho intramolecular Hbond substituents is 1. The topological polar surface area (TPSA) is 75.2 Å². The molecule has 5 nitrogen and oxygen atoms in total. The second kappa shape index (κ2) is 5.44. The lowest BCUT2D eigenvalue weighted by atomic mass is 10.1. The van der Waals surface area contributed by atoms with Gasteiger partial charge in [0.2, 0.25) is 0 Å². The number of phenols is 1. The minimum absolute atomic E-state index is 0.0507. The number of nitrogens with zero attached hydrogens (tertiary/aromatic N) is 1. The molecule has 0 saturated heterocycles. The molecule has 0 aliphatic carbocycles. The molecule has 0 aliphatic rings. The molecule has 22 heavy (non-hydrogen) atoms. The van der Waals surface area contributed by atoms with Gasteiger partial charge in [-0.3, -0.25) is 0 Å². The number of fused-ring (bicyclic) bond motifs is 1. The van der Waals surface area contributed by atoms with Gasteiger partial charge in [0.15, 0.2) is 11.5 Å². The summed E-state index contributed by atoms with van der Waals surface area (Å²) in [6, 6.07) is 12.2. The zero-order chi connectivity index (χ0) is 15.7. The van der Waals surface area contributed by atoms with Crippen LogP contribution in [0.15, 0.2) is 52.0 Å². The highest BCUT2D eigenvalue weighted by Gasteiger charge is 2.09. The molecule has 3 aromatic rings. The summed E-state index contributed by atoms with van der Waals surface area (Å²) in [6.45, 7) is 1.96. The molecule has 0 amide bonds. The van der Waals surface area contributed by atoms with Gasteiger partial charge in [-0.2, -0.15) is 0 Å². The van der Waals surface area contributed by atoms with Crippen LogP contribution in [0, 0.1) is 6.92 Å². The summed E-state index contributed by atoms with van der Waals surface area (Å²) in [4.78, 5) is 0. The van der Waals surface area contributed by atoms with Crippen LogP contribution >= 0.6 is 0 Å². The summed E-state index contributed by atoms with van der Waals surface area (Å²) in [6.07, 6.45) is 0. The molecule has 0 spiro atoms. The van der Waals surface area contributed by atoms with Gasteiger partial charge in [-0.05, 0) is 37.3 Å². The first kappa shape index (κ1) is 14.0. The molecule has 2 N–H and O–H groups in total. The van der Waals surface area contributed by atoms with Gasteiger partial charge in [-0.15, -0.1) is 0 Å². The normalized spacial score (nSPS) is 11.8. The summed E-state index contributed by atoms with van der Waals surface area (Å²) < 4.78 is 11.0. The number of hydrogen-bond acceptors (Lipinski definition) is 5. The smallest absolute Gasteiger partial charge is 0.161 e. The van der Waals surface area contributed by atoms with Gasteiger partial charge in [0, 0.05) is 17.0 Å². The van der Waals surface area contributed by atoms with Crippen LogP contribution < -0.4 is 10.1 Å². The number of hydrogen-bond donors (Lipinski definition) is 2. The lowest BCUT2D eigenvalue weighted by Crippen LogP contribution is -2.03. The molecule has 0 saturated carbocycles. The SMILES string of the molecule is COc1cc(-c2cc(=NO)c3cc(C)ccc3o2)ccc1O. The van der Waals surface area contributed by atoms with Crippen molar-refractivity contribution in [1.29, 1.82) is 0 Å². The fraction of sp³-hybridized carbons (Fsp3) is 0.118. The first-order valence-corrected chi connectivity index (χ1v) is 6.72. The summed E-state index contributed by atoms with van der Waals surface area (Å²) in [5.41, 5.74) is 2.37. The third-order valence-electron chi connectivity index (χ3n) is 3.47. The Hall–Kier alpha value is -2.95. The van der Waals surface area contributed by atoms with Gasteiger partial charge in [-0.1, -0.05) is 16.8 Å². The molecular formula is C17H15NO4. The van der Waals surface area contributed by atoms with E-state index in [0.29, 0.717) is 28.0 Å². The maximum Gasteiger partial charge on any atom is 0.161 e. The van der Waals surface area contributed by atoms with Crippen LogP contribution in [-0.4, -0.2) is 17.4 Å². The molecule has 0 unspecified atom stereocenters. The summed E-state index contributed by atoms with van der Waals surface area (Å²) in [5.74, 6) is 0.913. The fourth-order valence-corrected chi connectivity index (χ4v) is 2.34. The standard InChI is InChI=1S/C17H15NO4/c1-10-3-6-15-12(7-10)13(18-20)9-16(22-15)11-4-5-14(19)17(8-11)21-2/h3-9,19-20H,1-2H3. The van der Waals surface area contributed by atoms with Gasteiger partial charge < -0.3 is 19.5 Å². The Morgan fingerprint density at radius 2 is 1.91 bits per heavy atom. The van der Waals surface area contributed by atoms with E-state index in [-0.39, 0.29) is 5.75 Å². The van der Waals surface area contributed by atoms with E-state index >= 15 is 0 Å². The van der Waals surface area contributed by atoms with E-state index in [1.807, 2.05) is 25.1 Å². The van der Waals surface area contributed by atoms with Crippen LogP contribution in [0.1, 0.15) is 5.56 Å². The van der Waals surface area contributed by atoms with Gasteiger partial charge in [0.1, 0.15) is 16.7 Å². The van der Waals surface area contributed by atoms with Crippen molar-refractivity contribution in [2.45, 2.75) is 6.92 Å². The first-order chi connectivity index (χ1) is 10.6. The molecule has 0 atom stereocenters. The van der Waals surface area contributed by atoms with E-state index in [2.05, 4.69) is 5.16 Å². The van der Waals surface area contributed by atoms with Crippen molar-refractivity contribution in [2.24, 2.45) is 5.16 Å². The highest BCUT2D eigenvalue weighted by atomic mass is 16.5. The van der Waals surface area contributed by atoms with E-state index in [1.165, 1.54) is 13.2 Å². The van der Waals surface area contributed by atoms with Gasteiger partial charge in [-0.25, -0.2) is 0 Å². The molecule has 0 aliphatic heterocycles. The predicted octanol–water partition coefficient (Wildman–Crippen LogP) is 3.41. The minimum Gasteiger partial charge on any atom is -0.504 e. The fourth-order valence-electron chi connectivity index (χ4n) is 2.34. The van der Waals surface area contributed by atoms with E-state index in [9.17, 15) is 10.3 Å². The Labute approximate surface area is 126 Å². The van der Waals surface area contributed by atoms with E-state index in [4.69, 9.17) is 9.15 Å². The molecule has 0 bridgehead atoms. The van der Waals surface area contributed by atoms with Crippen LogP contribution in [0.4, 0.5) is 0 Å². The number of aryl methyl sites for hydroxylation is 1. The number of aromatic hydroxyl groups is 1. The second-order valence-corrected chi connectivity index (χ2v) is 4.98. The Morgan fingerprint density at radius 1 is 1.09 bits per heavy atom. The number of methoxy groups -OCH3 is 1. The molecule has 1 heterocycles. The van der Waals surface area contributed by atoms with Crippen molar-refractivity contribution < 1.29 is 19.5 Å². The third-order valence-corrected chi connectivity index (χ3v) is 3.47. The van der Waals surface area contributed by atoms with E-state index in [0.717, 1.165) is 10.9 Å². The van der Waals surface area contributed by atoms with Crippen molar-refractivity contribution in [1.82, 2.24) is 0 Å². The molecule has 5 heteroatoms. The predicted molar refractivity (Wildman–Crippen MR) is 82.0 cm³/mol. The highest BCUT2D eigenvalue weighted by molar-refractivity contribution is 5.79. The zero-order valence-corrected chi connectivity index (χ0v) is 12.2. The Balaban J connectivity index is 2.26.